The molecule has 0 atom stereocenters. The van der Waals surface area contributed by atoms with Crippen molar-refractivity contribution in [1.29, 1.82) is 0 Å². The van der Waals surface area contributed by atoms with E-state index < -0.39 is 63.5 Å². The molecule has 5 rings (SSSR count). The molecular formula is C34H28F8O. The smallest absolute Gasteiger partial charge is 0.429 e. The van der Waals surface area contributed by atoms with Gasteiger partial charge in [-0.3, -0.25) is 0 Å². The van der Waals surface area contributed by atoms with Gasteiger partial charge in [0, 0.05) is 11.6 Å². The highest BCUT2D eigenvalue weighted by atomic mass is 19.3. The molecule has 43 heavy (non-hydrogen) atoms. The Morgan fingerprint density at radius 3 is 1.79 bits per heavy atom. The molecule has 0 spiro atoms. The van der Waals surface area contributed by atoms with Crippen LogP contribution in [-0.2, 0) is 6.11 Å². The van der Waals surface area contributed by atoms with Gasteiger partial charge in [-0.05, 0) is 96.2 Å². The second kappa shape index (κ2) is 12.4. The number of benzene rings is 4. The zero-order chi connectivity index (χ0) is 30.9. The molecule has 1 aliphatic rings. The van der Waals surface area contributed by atoms with Gasteiger partial charge in [-0.1, -0.05) is 44.0 Å². The lowest BCUT2D eigenvalue weighted by Gasteiger charge is -2.28. The maximum Gasteiger partial charge on any atom is 0.432 e. The fraction of sp³-hybridized carbons (Fsp3) is 0.294. The maximum absolute atomic E-state index is 15.0. The van der Waals surface area contributed by atoms with E-state index in [0.29, 0.717) is 29.7 Å². The van der Waals surface area contributed by atoms with Crippen molar-refractivity contribution in [1.82, 2.24) is 0 Å². The van der Waals surface area contributed by atoms with Crippen LogP contribution in [0.25, 0.3) is 22.3 Å². The molecule has 4 aromatic carbocycles. The van der Waals surface area contributed by atoms with Crippen molar-refractivity contribution in [2.45, 2.75) is 57.5 Å². The van der Waals surface area contributed by atoms with E-state index in [0.717, 1.165) is 48.6 Å². The van der Waals surface area contributed by atoms with Crippen LogP contribution < -0.4 is 4.74 Å². The fourth-order valence-corrected chi connectivity index (χ4v) is 5.86. The Bertz CT molecular complexity index is 1560. The summed E-state index contributed by atoms with van der Waals surface area (Å²) in [6.45, 7) is 2.18. The van der Waals surface area contributed by atoms with Gasteiger partial charge in [0.05, 0.1) is 0 Å². The van der Waals surface area contributed by atoms with Crippen molar-refractivity contribution in [2.75, 3.05) is 0 Å². The van der Waals surface area contributed by atoms with E-state index in [1.165, 1.54) is 25.7 Å². The van der Waals surface area contributed by atoms with Gasteiger partial charge in [0.1, 0.15) is 28.8 Å². The SMILES string of the molecule is CCCC1CCC(c2ccc(-c3cc(F)c(C(F)(F)Oc4ccc(-c5cc(F)c(F)c(F)c5)c(F)c4)c(F)c3)cc2)CC1. The van der Waals surface area contributed by atoms with Crippen molar-refractivity contribution in [3.63, 3.8) is 0 Å². The summed E-state index contributed by atoms with van der Waals surface area (Å²) in [5.74, 6) is -8.91. The zero-order valence-corrected chi connectivity index (χ0v) is 23.2. The van der Waals surface area contributed by atoms with Crippen molar-refractivity contribution in [3.8, 4) is 28.0 Å². The molecule has 0 N–H and O–H groups in total. The van der Waals surface area contributed by atoms with Crippen LogP contribution in [0, 0.1) is 40.8 Å². The first-order chi connectivity index (χ1) is 20.5. The van der Waals surface area contributed by atoms with Crippen LogP contribution in [0.15, 0.2) is 66.7 Å². The molecule has 1 aliphatic carbocycles. The summed E-state index contributed by atoms with van der Waals surface area (Å²) in [6, 6.07) is 12.0. The highest BCUT2D eigenvalue weighted by Crippen LogP contribution is 2.40. The van der Waals surface area contributed by atoms with Gasteiger partial charge >= 0.3 is 6.11 Å². The predicted molar refractivity (Wildman–Crippen MR) is 148 cm³/mol. The van der Waals surface area contributed by atoms with E-state index in [2.05, 4.69) is 11.7 Å². The monoisotopic (exact) mass is 604 g/mol. The average Bonchev–Trinajstić information content (AvgIpc) is 2.95. The first-order valence-electron chi connectivity index (χ1n) is 14.1. The van der Waals surface area contributed by atoms with E-state index in [1.807, 2.05) is 12.1 Å². The Morgan fingerprint density at radius 1 is 0.651 bits per heavy atom. The Labute approximate surface area is 244 Å². The van der Waals surface area contributed by atoms with E-state index in [1.54, 1.807) is 12.1 Å². The average molecular weight is 605 g/mol. The van der Waals surface area contributed by atoms with Crippen molar-refractivity contribution in [3.05, 3.63) is 113 Å². The number of ether oxygens (including phenoxy) is 1. The highest BCUT2D eigenvalue weighted by Gasteiger charge is 2.41. The molecule has 0 aromatic heterocycles. The van der Waals surface area contributed by atoms with Gasteiger partial charge in [0.25, 0.3) is 0 Å². The van der Waals surface area contributed by atoms with Crippen LogP contribution in [0.2, 0.25) is 0 Å². The second-order valence-corrected chi connectivity index (χ2v) is 11.0. The van der Waals surface area contributed by atoms with Gasteiger partial charge in [0.2, 0.25) is 0 Å². The number of hydrogen-bond acceptors (Lipinski definition) is 1. The lowest BCUT2D eigenvalue weighted by Crippen LogP contribution is -2.25. The topological polar surface area (TPSA) is 9.23 Å². The molecular weight excluding hydrogens is 576 g/mol. The molecule has 0 unspecified atom stereocenters. The maximum atomic E-state index is 15.0. The van der Waals surface area contributed by atoms with Crippen molar-refractivity contribution in [2.24, 2.45) is 5.92 Å². The molecule has 0 aliphatic heterocycles. The third kappa shape index (κ3) is 6.55. The van der Waals surface area contributed by atoms with Crippen molar-refractivity contribution < 1.29 is 39.9 Å². The summed E-state index contributed by atoms with van der Waals surface area (Å²) in [6.07, 6.45) is 2.34. The Morgan fingerprint density at radius 2 is 1.23 bits per heavy atom. The minimum atomic E-state index is -4.55. The van der Waals surface area contributed by atoms with Gasteiger partial charge in [0.15, 0.2) is 17.5 Å². The van der Waals surface area contributed by atoms with Crippen LogP contribution in [0.5, 0.6) is 5.75 Å². The summed E-state index contributed by atoms with van der Waals surface area (Å²) in [4.78, 5) is 0. The predicted octanol–water partition coefficient (Wildman–Crippen LogP) is 11.1. The fourth-order valence-electron chi connectivity index (χ4n) is 5.86. The zero-order valence-electron chi connectivity index (χ0n) is 23.2. The molecule has 9 heteroatoms. The quantitative estimate of drug-likeness (QED) is 0.144. The van der Waals surface area contributed by atoms with Crippen molar-refractivity contribution >= 4 is 0 Å². The summed E-state index contributed by atoms with van der Waals surface area (Å²) < 4.78 is 119. The number of rotatable bonds is 8. The van der Waals surface area contributed by atoms with Crippen LogP contribution in [0.4, 0.5) is 35.1 Å². The van der Waals surface area contributed by atoms with Crippen LogP contribution >= 0.6 is 0 Å². The van der Waals surface area contributed by atoms with E-state index >= 15 is 0 Å². The minimum Gasteiger partial charge on any atom is -0.429 e. The minimum absolute atomic E-state index is 0.0573. The molecule has 0 amide bonds. The summed E-state index contributed by atoms with van der Waals surface area (Å²) in [5.41, 5.74) is -0.865. The van der Waals surface area contributed by atoms with Gasteiger partial charge < -0.3 is 4.74 Å². The van der Waals surface area contributed by atoms with Gasteiger partial charge in [-0.15, -0.1) is 0 Å². The molecule has 1 fully saturated rings. The molecule has 1 saturated carbocycles. The molecule has 1 nitrogen and oxygen atoms in total. The number of halogens is 8. The first kappa shape index (κ1) is 30.6. The van der Waals surface area contributed by atoms with Crippen LogP contribution in [-0.4, -0.2) is 0 Å². The standard InChI is InChI=1S/C34H28F8O/c1-2-3-19-4-6-20(7-5-19)21-8-10-22(11-9-21)23-14-28(36)32(29(37)15-23)34(41,42)43-25-12-13-26(27(35)18-25)24-16-30(38)33(40)31(39)17-24/h8-20H,2-7H2,1H3. The van der Waals surface area contributed by atoms with Gasteiger partial charge in [-0.25, -0.2) is 26.3 Å². The lowest BCUT2D eigenvalue weighted by atomic mass is 9.77. The Balaban J connectivity index is 1.33. The molecule has 4 aromatic rings. The molecule has 0 bridgehead atoms. The lowest BCUT2D eigenvalue weighted by molar-refractivity contribution is -0.189. The largest absolute Gasteiger partial charge is 0.432 e. The Kier molecular flexibility index (Phi) is 8.81. The highest BCUT2D eigenvalue weighted by molar-refractivity contribution is 5.66. The summed E-state index contributed by atoms with van der Waals surface area (Å²) in [5, 5.41) is 0. The number of alkyl halides is 2. The molecule has 0 heterocycles. The molecule has 226 valence electrons. The summed E-state index contributed by atoms with van der Waals surface area (Å²) in [7, 11) is 0. The third-order valence-electron chi connectivity index (χ3n) is 8.07. The molecule has 0 radical (unpaired) electrons. The summed E-state index contributed by atoms with van der Waals surface area (Å²) >= 11 is 0. The third-order valence-corrected chi connectivity index (χ3v) is 8.07. The Hall–Kier alpha value is -3.88. The van der Waals surface area contributed by atoms with Crippen LogP contribution in [0.3, 0.4) is 0 Å². The second-order valence-electron chi connectivity index (χ2n) is 11.0. The van der Waals surface area contributed by atoms with Gasteiger partial charge in [-0.2, -0.15) is 8.78 Å². The van der Waals surface area contributed by atoms with Crippen LogP contribution in [0.1, 0.15) is 62.5 Å². The first-order valence-corrected chi connectivity index (χ1v) is 14.1. The molecule has 0 saturated heterocycles. The van der Waals surface area contributed by atoms with E-state index in [-0.39, 0.29) is 5.56 Å². The number of hydrogen-bond donors (Lipinski definition) is 0. The van der Waals surface area contributed by atoms with E-state index in [9.17, 15) is 35.1 Å². The van der Waals surface area contributed by atoms with E-state index in [4.69, 9.17) is 0 Å². The normalized spacial score (nSPS) is 17.2.